The Hall–Kier alpha value is -1.94. The Labute approximate surface area is 568 Å². The Bertz CT molecular complexity index is 1810. The average Bonchev–Trinajstić information content (AvgIpc) is 3.65. The van der Waals surface area contributed by atoms with Gasteiger partial charge in [0.1, 0.15) is 19.3 Å². The van der Waals surface area contributed by atoms with Gasteiger partial charge in [0.2, 0.25) is 0 Å². The Morgan fingerprint density at radius 1 is 0.312 bits per heavy atom. The van der Waals surface area contributed by atoms with E-state index >= 15 is 0 Å². The predicted molar refractivity (Wildman–Crippen MR) is 377 cm³/mol. The molecule has 0 aromatic heterocycles. The Balaban J connectivity index is 5.22. The number of unbranched alkanes of at least 4 members (excludes halogenated alkanes) is 42. The number of ether oxygens (including phenoxy) is 4. The zero-order valence-corrected chi connectivity index (χ0v) is 62.3. The van der Waals surface area contributed by atoms with Crippen LogP contribution >= 0.6 is 15.6 Å². The summed E-state index contributed by atoms with van der Waals surface area (Å²) < 4.78 is 68.4. The molecule has 552 valence electrons. The van der Waals surface area contributed by atoms with Crippen molar-refractivity contribution in [2.24, 2.45) is 11.8 Å². The van der Waals surface area contributed by atoms with Crippen LogP contribution in [-0.2, 0) is 65.4 Å². The number of phosphoric acid groups is 2. The van der Waals surface area contributed by atoms with Gasteiger partial charge in [0.25, 0.3) is 0 Å². The fourth-order valence-electron chi connectivity index (χ4n) is 11.3. The molecule has 0 saturated heterocycles. The van der Waals surface area contributed by atoms with Crippen LogP contribution in [0.3, 0.4) is 0 Å². The van der Waals surface area contributed by atoms with Crippen LogP contribution in [0.15, 0.2) is 0 Å². The van der Waals surface area contributed by atoms with Gasteiger partial charge >= 0.3 is 39.5 Å². The summed E-state index contributed by atoms with van der Waals surface area (Å²) in [5.41, 5.74) is 0. The molecule has 93 heavy (non-hydrogen) atoms. The van der Waals surface area contributed by atoms with Gasteiger partial charge in [-0.25, -0.2) is 9.13 Å². The van der Waals surface area contributed by atoms with Gasteiger partial charge in [-0.2, -0.15) is 0 Å². The standard InChI is InChI=1S/C74H144O17P2/c1-7-10-12-14-16-18-20-22-24-26-27-29-31-33-35-37-46-52-58-73(78)90-69(62-84-71(76)56-50-44-36-34-32-30-28-25-23-21-19-17-15-13-11-8-2)64-88-92(80,81)86-60-68(75)61-87-93(82,83)89-65-70(63-85-72(77)57-51-45-40-38-42-48-54-66(4)5)91-74(79)59-53-47-41-39-43-49-55-67(6)9-3/h66-70,75H,7-65H2,1-6H3,(H,80,81)(H,82,83)/t67?,68-,69-,70-/m1/s1. The van der Waals surface area contributed by atoms with E-state index in [-0.39, 0.29) is 25.7 Å². The Morgan fingerprint density at radius 3 is 0.817 bits per heavy atom. The summed E-state index contributed by atoms with van der Waals surface area (Å²) in [5, 5.41) is 10.6. The van der Waals surface area contributed by atoms with Crippen molar-refractivity contribution in [3.63, 3.8) is 0 Å². The van der Waals surface area contributed by atoms with Crippen molar-refractivity contribution in [1.29, 1.82) is 0 Å². The van der Waals surface area contributed by atoms with E-state index < -0.39 is 97.5 Å². The molecule has 3 N–H and O–H groups in total. The minimum Gasteiger partial charge on any atom is -0.462 e. The maximum Gasteiger partial charge on any atom is 0.472 e. The molecule has 0 aromatic carbocycles. The summed E-state index contributed by atoms with van der Waals surface area (Å²) in [5.74, 6) is -0.724. The van der Waals surface area contributed by atoms with Gasteiger partial charge in [-0.1, -0.05) is 330 Å². The molecule has 0 aliphatic carbocycles. The van der Waals surface area contributed by atoms with Crippen LogP contribution in [0.2, 0.25) is 0 Å². The smallest absolute Gasteiger partial charge is 0.462 e. The van der Waals surface area contributed by atoms with Crippen LogP contribution in [0.1, 0.15) is 382 Å². The zero-order valence-electron chi connectivity index (χ0n) is 60.6. The fraction of sp³-hybridized carbons (Fsp3) is 0.946. The van der Waals surface area contributed by atoms with Crippen molar-refractivity contribution in [2.45, 2.75) is 400 Å². The summed E-state index contributed by atoms with van der Waals surface area (Å²) >= 11 is 0. The van der Waals surface area contributed by atoms with Gasteiger partial charge in [-0.3, -0.25) is 37.3 Å². The third-order valence-corrected chi connectivity index (χ3v) is 19.5. The first-order valence-corrected chi connectivity index (χ1v) is 41.5. The quantitative estimate of drug-likeness (QED) is 0.0222. The summed E-state index contributed by atoms with van der Waals surface area (Å²) in [6, 6.07) is 0. The van der Waals surface area contributed by atoms with Gasteiger partial charge in [0, 0.05) is 25.7 Å². The molecule has 6 atom stereocenters. The maximum atomic E-state index is 13.1. The third-order valence-electron chi connectivity index (χ3n) is 17.6. The van der Waals surface area contributed by atoms with E-state index in [1.165, 1.54) is 193 Å². The van der Waals surface area contributed by atoms with Gasteiger partial charge in [0.05, 0.1) is 26.4 Å². The molecule has 0 amide bonds. The largest absolute Gasteiger partial charge is 0.472 e. The summed E-state index contributed by atoms with van der Waals surface area (Å²) in [6.07, 6.45) is 53.0. The van der Waals surface area contributed by atoms with Crippen molar-refractivity contribution >= 4 is 39.5 Å². The Kier molecular flexibility index (Phi) is 64.6. The lowest BCUT2D eigenvalue weighted by Crippen LogP contribution is -2.30. The lowest BCUT2D eigenvalue weighted by Gasteiger charge is -2.21. The lowest BCUT2D eigenvalue weighted by atomic mass is 10.00. The number of hydrogen-bond donors (Lipinski definition) is 3. The van der Waals surface area contributed by atoms with Gasteiger partial charge in [0.15, 0.2) is 12.2 Å². The number of carbonyl (C=O) groups is 4. The lowest BCUT2D eigenvalue weighted by molar-refractivity contribution is -0.161. The van der Waals surface area contributed by atoms with Crippen molar-refractivity contribution in [1.82, 2.24) is 0 Å². The Morgan fingerprint density at radius 2 is 0.548 bits per heavy atom. The highest BCUT2D eigenvalue weighted by Crippen LogP contribution is 2.45. The van der Waals surface area contributed by atoms with E-state index in [0.717, 1.165) is 102 Å². The highest BCUT2D eigenvalue weighted by Gasteiger charge is 2.30. The number of esters is 4. The molecular formula is C74H144O17P2. The van der Waals surface area contributed by atoms with Crippen LogP contribution in [0.25, 0.3) is 0 Å². The average molecular weight is 1370 g/mol. The van der Waals surface area contributed by atoms with Crippen LogP contribution in [0.4, 0.5) is 0 Å². The second-order valence-electron chi connectivity index (χ2n) is 27.4. The van der Waals surface area contributed by atoms with E-state index in [1.54, 1.807) is 0 Å². The SMILES string of the molecule is CCCCCCCCCCCCCCCCCCCCC(=O)O[C@H](COC(=O)CCCCCCCCCCCCCCCCCC)COP(=O)(O)OC[C@@H](O)COP(=O)(O)OC[C@@H](COC(=O)CCCCCCCCC(C)C)OC(=O)CCCCCCCCC(C)CC. The van der Waals surface area contributed by atoms with Crippen molar-refractivity contribution in [3.05, 3.63) is 0 Å². The van der Waals surface area contributed by atoms with Crippen LogP contribution in [-0.4, -0.2) is 96.7 Å². The summed E-state index contributed by atoms with van der Waals surface area (Å²) in [6.45, 7) is 9.45. The number of hydrogen-bond acceptors (Lipinski definition) is 15. The highest BCUT2D eigenvalue weighted by molar-refractivity contribution is 7.47. The first-order chi connectivity index (χ1) is 44.9. The van der Waals surface area contributed by atoms with Crippen LogP contribution in [0.5, 0.6) is 0 Å². The molecule has 17 nitrogen and oxygen atoms in total. The van der Waals surface area contributed by atoms with E-state index in [4.69, 9.17) is 37.0 Å². The van der Waals surface area contributed by atoms with Crippen molar-refractivity contribution in [2.75, 3.05) is 39.6 Å². The molecule has 0 aromatic rings. The van der Waals surface area contributed by atoms with E-state index in [1.807, 2.05) is 0 Å². The molecule has 0 rings (SSSR count). The third kappa shape index (κ3) is 67.0. The minimum absolute atomic E-state index is 0.102. The molecule has 0 aliphatic heterocycles. The molecule has 0 heterocycles. The first-order valence-electron chi connectivity index (χ1n) is 38.5. The fourth-order valence-corrected chi connectivity index (χ4v) is 12.8. The monoisotopic (exact) mass is 1370 g/mol. The van der Waals surface area contributed by atoms with Crippen LogP contribution in [0, 0.1) is 11.8 Å². The summed E-state index contributed by atoms with van der Waals surface area (Å²) in [7, 11) is -9.91. The molecule has 0 aliphatic rings. The molecule has 0 saturated carbocycles. The van der Waals surface area contributed by atoms with Crippen LogP contribution < -0.4 is 0 Å². The topological polar surface area (TPSA) is 237 Å². The number of rotatable bonds is 73. The zero-order chi connectivity index (χ0) is 68.6. The van der Waals surface area contributed by atoms with Gasteiger partial charge in [-0.05, 0) is 37.5 Å². The molecule has 19 heteroatoms. The molecule has 0 bridgehead atoms. The van der Waals surface area contributed by atoms with E-state index in [2.05, 4.69) is 41.5 Å². The van der Waals surface area contributed by atoms with Gasteiger partial charge in [-0.15, -0.1) is 0 Å². The number of carbonyl (C=O) groups excluding carboxylic acids is 4. The molecule has 0 fully saturated rings. The second kappa shape index (κ2) is 66.0. The number of phosphoric ester groups is 2. The highest BCUT2D eigenvalue weighted by atomic mass is 31.2. The van der Waals surface area contributed by atoms with E-state index in [0.29, 0.717) is 31.6 Å². The second-order valence-corrected chi connectivity index (χ2v) is 30.3. The van der Waals surface area contributed by atoms with Crippen molar-refractivity contribution in [3.8, 4) is 0 Å². The van der Waals surface area contributed by atoms with Gasteiger partial charge < -0.3 is 33.8 Å². The van der Waals surface area contributed by atoms with Crippen molar-refractivity contribution < 1.29 is 80.2 Å². The number of aliphatic hydroxyl groups is 1. The molecular weight excluding hydrogens is 1220 g/mol. The normalized spacial score (nSPS) is 14.3. The molecule has 0 radical (unpaired) electrons. The maximum absolute atomic E-state index is 13.1. The first kappa shape index (κ1) is 91.1. The molecule has 3 unspecified atom stereocenters. The van der Waals surface area contributed by atoms with E-state index in [9.17, 15) is 43.2 Å². The minimum atomic E-state index is -4.96. The number of aliphatic hydroxyl groups excluding tert-OH is 1. The predicted octanol–water partition coefficient (Wildman–Crippen LogP) is 21.6. The summed E-state index contributed by atoms with van der Waals surface area (Å²) in [4.78, 5) is 72.6. The molecule has 0 spiro atoms.